The van der Waals surface area contributed by atoms with E-state index in [1.165, 1.54) is 0 Å². The minimum absolute atomic E-state index is 0.257. The van der Waals surface area contributed by atoms with Gasteiger partial charge in [-0.1, -0.05) is 22.9 Å². The Kier molecular flexibility index (Phi) is 7.83. The molecule has 92 valence electrons. The van der Waals surface area contributed by atoms with Crippen LogP contribution < -0.4 is 0 Å². The number of hydrogen-bond acceptors (Lipinski definition) is 3. The topological polar surface area (TPSA) is 37.4 Å². The van der Waals surface area contributed by atoms with Crippen molar-refractivity contribution in [2.45, 2.75) is 32.4 Å². The first-order chi connectivity index (χ1) is 6.94. The van der Waals surface area contributed by atoms with E-state index in [-0.39, 0.29) is 11.0 Å². The highest BCUT2D eigenvalue weighted by atomic mass is 79.9. The Morgan fingerprint density at radius 3 is 2.27 bits per heavy atom. The Morgan fingerprint density at radius 2 is 1.87 bits per heavy atom. The molecule has 0 aliphatic heterocycles. The average Bonchev–Trinajstić information content (AvgIpc) is 2.18. The molecule has 3 nitrogen and oxygen atoms in total. The maximum absolute atomic E-state index is 11.6. The number of sulfone groups is 1. The Hall–Kier alpha value is 0.390. The summed E-state index contributed by atoms with van der Waals surface area (Å²) in [5, 5.41) is 0.716. The van der Waals surface area contributed by atoms with Crippen molar-refractivity contribution in [3.63, 3.8) is 0 Å². The van der Waals surface area contributed by atoms with Crippen molar-refractivity contribution >= 4 is 25.8 Å². The summed E-state index contributed by atoms with van der Waals surface area (Å²) in [5.41, 5.74) is 0. The van der Waals surface area contributed by atoms with Crippen molar-refractivity contribution in [1.82, 2.24) is 4.90 Å². The highest BCUT2D eigenvalue weighted by molar-refractivity contribution is 9.09. The van der Waals surface area contributed by atoms with Crippen molar-refractivity contribution < 1.29 is 8.42 Å². The van der Waals surface area contributed by atoms with Crippen LogP contribution in [-0.4, -0.2) is 49.3 Å². The Balaban J connectivity index is 4.00. The lowest BCUT2D eigenvalue weighted by molar-refractivity contribution is 0.306. The second-order valence-electron chi connectivity index (χ2n) is 3.89. The summed E-state index contributed by atoms with van der Waals surface area (Å²) in [4.78, 5) is 2.18. The van der Waals surface area contributed by atoms with Gasteiger partial charge in [-0.2, -0.15) is 0 Å². The smallest absolute Gasteiger partial charge is 0.153 e. The van der Waals surface area contributed by atoms with Gasteiger partial charge in [0, 0.05) is 11.9 Å². The fourth-order valence-corrected chi connectivity index (χ4v) is 2.44. The zero-order valence-electron chi connectivity index (χ0n) is 9.87. The molecular weight excluding hydrogens is 278 g/mol. The van der Waals surface area contributed by atoms with E-state index in [4.69, 9.17) is 0 Å². The second-order valence-corrected chi connectivity index (χ2v) is 7.36. The molecule has 0 heterocycles. The molecule has 0 aromatic rings. The Morgan fingerprint density at radius 1 is 1.27 bits per heavy atom. The van der Waals surface area contributed by atoms with Gasteiger partial charge in [0.1, 0.15) is 0 Å². The molecule has 15 heavy (non-hydrogen) atoms. The molecule has 0 saturated heterocycles. The van der Waals surface area contributed by atoms with Crippen LogP contribution in [0.2, 0.25) is 0 Å². The first-order valence-electron chi connectivity index (χ1n) is 5.44. The van der Waals surface area contributed by atoms with E-state index < -0.39 is 9.84 Å². The van der Waals surface area contributed by atoms with Crippen molar-refractivity contribution in [3.05, 3.63) is 0 Å². The molecule has 0 radical (unpaired) electrons. The normalized spacial score (nSPS) is 12.7. The van der Waals surface area contributed by atoms with Crippen molar-refractivity contribution in [1.29, 1.82) is 0 Å². The third-order valence-corrected chi connectivity index (χ3v) is 5.21. The zero-order valence-corrected chi connectivity index (χ0v) is 12.3. The molecule has 0 N–H and O–H groups in total. The van der Waals surface area contributed by atoms with Gasteiger partial charge in [-0.15, -0.1) is 0 Å². The van der Waals surface area contributed by atoms with Gasteiger partial charge >= 0.3 is 0 Å². The maximum Gasteiger partial charge on any atom is 0.153 e. The number of rotatable bonds is 8. The van der Waals surface area contributed by atoms with Crippen molar-refractivity contribution in [2.75, 3.05) is 30.7 Å². The highest BCUT2D eigenvalue weighted by Gasteiger charge is 2.16. The molecule has 0 unspecified atom stereocenters. The summed E-state index contributed by atoms with van der Waals surface area (Å²) in [6, 6.07) is 0. The summed E-state index contributed by atoms with van der Waals surface area (Å²) >= 11 is 3.38. The lowest BCUT2D eigenvalue weighted by Gasteiger charge is -2.20. The molecule has 0 spiro atoms. The van der Waals surface area contributed by atoms with Crippen LogP contribution >= 0.6 is 15.9 Å². The third-order valence-electron chi connectivity index (χ3n) is 2.47. The van der Waals surface area contributed by atoms with Crippen LogP contribution in [0.1, 0.15) is 27.2 Å². The van der Waals surface area contributed by atoms with E-state index >= 15 is 0 Å². The van der Waals surface area contributed by atoms with Crippen LogP contribution in [0, 0.1) is 0 Å². The number of halogens is 1. The van der Waals surface area contributed by atoms with Gasteiger partial charge in [0.2, 0.25) is 0 Å². The molecule has 0 aliphatic rings. The van der Waals surface area contributed by atoms with Crippen LogP contribution in [0.4, 0.5) is 0 Å². The lowest BCUT2D eigenvalue weighted by Crippen LogP contribution is -2.32. The minimum Gasteiger partial charge on any atom is -0.303 e. The fourth-order valence-electron chi connectivity index (χ4n) is 1.20. The summed E-state index contributed by atoms with van der Waals surface area (Å²) in [7, 11) is -2.88. The molecule has 0 aliphatic carbocycles. The lowest BCUT2D eigenvalue weighted by atomic mass is 10.4. The first-order valence-corrected chi connectivity index (χ1v) is 8.27. The predicted octanol–water partition coefficient (Wildman–Crippen LogP) is 1.92. The van der Waals surface area contributed by atoms with Gasteiger partial charge in [0.15, 0.2) is 9.84 Å². The molecule has 5 heteroatoms. The van der Waals surface area contributed by atoms with E-state index in [0.717, 1.165) is 24.8 Å². The van der Waals surface area contributed by atoms with E-state index in [0.29, 0.717) is 6.54 Å². The van der Waals surface area contributed by atoms with Crippen molar-refractivity contribution in [2.24, 2.45) is 0 Å². The molecule has 0 fully saturated rings. The number of nitrogens with zero attached hydrogens (tertiary/aromatic N) is 1. The summed E-state index contributed by atoms with van der Waals surface area (Å²) in [6.07, 6.45) is 1.07. The van der Waals surface area contributed by atoms with Gasteiger partial charge in [-0.05, 0) is 33.4 Å². The SMILES string of the molecule is CCN(CCCBr)CCS(=O)(=O)C(C)C. The van der Waals surface area contributed by atoms with Crippen molar-refractivity contribution in [3.8, 4) is 0 Å². The quantitative estimate of drug-likeness (QED) is 0.643. The number of alkyl halides is 1. The predicted molar refractivity (Wildman–Crippen MR) is 69.4 cm³/mol. The molecular formula is C10H22BrNO2S. The van der Waals surface area contributed by atoms with Crippen LogP contribution in [0.25, 0.3) is 0 Å². The first kappa shape index (κ1) is 15.4. The molecule has 0 atom stereocenters. The molecule has 0 rings (SSSR count). The number of hydrogen-bond donors (Lipinski definition) is 0. The summed E-state index contributed by atoms with van der Waals surface area (Å²) in [6.45, 7) is 8.09. The maximum atomic E-state index is 11.6. The molecule has 0 aromatic carbocycles. The Bertz CT molecular complexity index is 252. The van der Waals surface area contributed by atoms with E-state index in [1.54, 1.807) is 13.8 Å². The average molecular weight is 300 g/mol. The second kappa shape index (κ2) is 7.63. The third kappa shape index (κ3) is 6.53. The largest absolute Gasteiger partial charge is 0.303 e. The van der Waals surface area contributed by atoms with E-state index in [2.05, 4.69) is 27.8 Å². The summed E-state index contributed by atoms with van der Waals surface area (Å²) < 4.78 is 23.2. The van der Waals surface area contributed by atoms with Gasteiger partial charge in [0.25, 0.3) is 0 Å². The van der Waals surface area contributed by atoms with Gasteiger partial charge < -0.3 is 4.90 Å². The van der Waals surface area contributed by atoms with Gasteiger partial charge in [0.05, 0.1) is 11.0 Å². The standard InChI is InChI=1S/C10H22BrNO2S/c1-4-12(7-5-6-11)8-9-15(13,14)10(2)3/h10H,4-9H2,1-3H3. The van der Waals surface area contributed by atoms with Crippen LogP contribution in [0.3, 0.4) is 0 Å². The molecule has 0 amide bonds. The van der Waals surface area contributed by atoms with Gasteiger partial charge in [-0.25, -0.2) is 8.42 Å². The van der Waals surface area contributed by atoms with Crippen LogP contribution in [0.5, 0.6) is 0 Å². The molecule has 0 saturated carbocycles. The minimum atomic E-state index is -2.88. The highest BCUT2D eigenvalue weighted by Crippen LogP contribution is 2.02. The van der Waals surface area contributed by atoms with E-state index in [9.17, 15) is 8.42 Å². The fraction of sp³-hybridized carbons (Fsp3) is 1.00. The van der Waals surface area contributed by atoms with Crippen LogP contribution in [0.15, 0.2) is 0 Å². The molecule has 0 bridgehead atoms. The monoisotopic (exact) mass is 299 g/mol. The van der Waals surface area contributed by atoms with Crippen LogP contribution in [-0.2, 0) is 9.84 Å². The van der Waals surface area contributed by atoms with Gasteiger partial charge in [-0.3, -0.25) is 0 Å². The summed E-state index contributed by atoms with van der Waals surface area (Å²) in [5.74, 6) is 0.279. The Labute approximate surface area is 102 Å². The molecule has 0 aromatic heterocycles. The van der Waals surface area contributed by atoms with E-state index in [1.807, 2.05) is 0 Å². The zero-order chi connectivity index (χ0) is 11.9.